The van der Waals surface area contributed by atoms with Gasteiger partial charge in [-0.25, -0.2) is 4.98 Å². The Labute approximate surface area is 121 Å². The van der Waals surface area contributed by atoms with Gasteiger partial charge in [0.25, 0.3) is 0 Å². The molecule has 2 unspecified atom stereocenters. The van der Waals surface area contributed by atoms with Crippen molar-refractivity contribution in [1.82, 2.24) is 14.9 Å². The van der Waals surface area contributed by atoms with E-state index in [1.165, 1.54) is 29.5 Å². The minimum absolute atomic E-state index is 0.570. The van der Waals surface area contributed by atoms with Gasteiger partial charge in [0.15, 0.2) is 0 Å². The van der Waals surface area contributed by atoms with Gasteiger partial charge in [-0.1, -0.05) is 13.8 Å². The van der Waals surface area contributed by atoms with Gasteiger partial charge in [-0.2, -0.15) is 0 Å². The number of hydrogen-bond acceptors (Lipinski definition) is 2. The summed E-state index contributed by atoms with van der Waals surface area (Å²) in [4.78, 5) is 4.60. The van der Waals surface area contributed by atoms with Gasteiger partial charge in [-0.3, -0.25) is 0 Å². The number of hydrogen-bond donors (Lipinski definition) is 1. The SMILES string of the molecule is Cc1cc2ncn(C3CCC3CNC(C)C)c2cc1C. The Hall–Kier alpha value is -1.35. The van der Waals surface area contributed by atoms with E-state index < -0.39 is 0 Å². The van der Waals surface area contributed by atoms with Crippen molar-refractivity contribution in [3.8, 4) is 0 Å². The van der Waals surface area contributed by atoms with E-state index in [9.17, 15) is 0 Å². The number of aryl methyl sites for hydroxylation is 2. The molecule has 1 N–H and O–H groups in total. The molecule has 0 saturated heterocycles. The largest absolute Gasteiger partial charge is 0.327 e. The molecule has 1 aliphatic carbocycles. The lowest BCUT2D eigenvalue weighted by atomic mass is 9.79. The Kier molecular flexibility index (Phi) is 3.55. The van der Waals surface area contributed by atoms with Crippen molar-refractivity contribution in [2.24, 2.45) is 5.92 Å². The zero-order chi connectivity index (χ0) is 14.3. The summed E-state index contributed by atoms with van der Waals surface area (Å²) in [6, 6.07) is 5.69. The molecule has 1 aromatic carbocycles. The summed E-state index contributed by atoms with van der Waals surface area (Å²) >= 11 is 0. The lowest BCUT2D eigenvalue weighted by Gasteiger charge is -2.38. The smallest absolute Gasteiger partial charge is 0.0961 e. The molecule has 1 aromatic heterocycles. The molecular weight excluding hydrogens is 246 g/mol. The highest BCUT2D eigenvalue weighted by molar-refractivity contribution is 5.77. The number of rotatable bonds is 4. The summed E-state index contributed by atoms with van der Waals surface area (Å²) in [5.41, 5.74) is 5.12. The van der Waals surface area contributed by atoms with Crippen LogP contribution < -0.4 is 5.32 Å². The van der Waals surface area contributed by atoms with E-state index in [1.807, 2.05) is 6.33 Å². The number of imidazole rings is 1. The number of nitrogens with zero attached hydrogens (tertiary/aromatic N) is 2. The third kappa shape index (κ3) is 2.35. The molecule has 2 atom stereocenters. The first kappa shape index (κ1) is 13.6. The van der Waals surface area contributed by atoms with Crippen molar-refractivity contribution in [2.45, 2.75) is 52.6 Å². The summed E-state index contributed by atoms with van der Waals surface area (Å²) in [5, 5.41) is 3.57. The van der Waals surface area contributed by atoms with Crippen LogP contribution in [0.15, 0.2) is 18.5 Å². The summed E-state index contributed by atoms with van der Waals surface area (Å²) < 4.78 is 2.40. The number of aromatic nitrogens is 2. The van der Waals surface area contributed by atoms with E-state index in [-0.39, 0.29) is 0 Å². The quantitative estimate of drug-likeness (QED) is 0.920. The highest BCUT2D eigenvalue weighted by Gasteiger charge is 2.32. The molecule has 3 heteroatoms. The number of fused-ring (bicyclic) bond motifs is 1. The van der Waals surface area contributed by atoms with Crippen LogP contribution >= 0.6 is 0 Å². The molecule has 0 amide bonds. The highest BCUT2D eigenvalue weighted by atomic mass is 15.1. The van der Waals surface area contributed by atoms with E-state index in [0.29, 0.717) is 12.1 Å². The molecule has 20 heavy (non-hydrogen) atoms. The molecule has 1 fully saturated rings. The average Bonchev–Trinajstić information content (AvgIpc) is 2.72. The molecule has 0 radical (unpaired) electrons. The van der Waals surface area contributed by atoms with Crippen LogP contribution in [0.2, 0.25) is 0 Å². The Morgan fingerprint density at radius 1 is 1.25 bits per heavy atom. The zero-order valence-electron chi connectivity index (χ0n) is 13.0. The van der Waals surface area contributed by atoms with Crippen molar-refractivity contribution >= 4 is 11.0 Å². The normalized spacial score (nSPS) is 22.4. The van der Waals surface area contributed by atoms with E-state index in [1.54, 1.807) is 0 Å². The monoisotopic (exact) mass is 271 g/mol. The van der Waals surface area contributed by atoms with Crippen LogP contribution in [0.25, 0.3) is 11.0 Å². The molecule has 1 saturated carbocycles. The maximum Gasteiger partial charge on any atom is 0.0961 e. The first-order valence-electron chi connectivity index (χ1n) is 7.73. The fraction of sp³-hybridized carbons (Fsp3) is 0.588. The molecular formula is C17H25N3. The van der Waals surface area contributed by atoms with E-state index in [0.717, 1.165) is 18.0 Å². The molecule has 108 valence electrons. The van der Waals surface area contributed by atoms with Crippen molar-refractivity contribution in [2.75, 3.05) is 6.54 Å². The van der Waals surface area contributed by atoms with Gasteiger partial charge < -0.3 is 9.88 Å². The third-order valence-corrected chi connectivity index (χ3v) is 4.71. The molecule has 0 aliphatic heterocycles. The average molecular weight is 271 g/mol. The van der Waals surface area contributed by atoms with Crippen LogP contribution in [0.5, 0.6) is 0 Å². The van der Waals surface area contributed by atoms with Crippen LogP contribution in [0.3, 0.4) is 0 Å². The lowest BCUT2D eigenvalue weighted by Crippen LogP contribution is -2.38. The van der Waals surface area contributed by atoms with Crippen molar-refractivity contribution in [1.29, 1.82) is 0 Å². The second kappa shape index (κ2) is 5.21. The maximum atomic E-state index is 4.60. The third-order valence-electron chi connectivity index (χ3n) is 4.71. The number of nitrogens with one attached hydrogen (secondary N) is 1. The first-order chi connectivity index (χ1) is 9.56. The molecule has 0 bridgehead atoms. The second-order valence-corrected chi connectivity index (χ2v) is 6.54. The predicted octanol–water partition coefficient (Wildman–Crippen LogP) is 3.60. The Morgan fingerprint density at radius 3 is 2.65 bits per heavy atom. The van der Waals surface area contributed by atoms with Gasteiger partial charge in [-0.15, -0.1) is 0 Å². The van der Waals surface area contributed by atoms with Crippen LogP contribution in [-0.4, -0.2) is 22.1 Å². The summed E-state index contributed by atoms with van der Waals surface area (Å²) in [6.45, 7) is 9.89. The Bertz CT molecular complexity index is 612. The molecule has 3 nitrogen and oxygen atoms in total. The molecule has 1 aliphatic rings. The second-order valence-electron chi connectivity index (χ2n) is 6.54. The topological polar surface area (TPSA) is 29.9 Å². The highest BCUT2D eigenvalue weighted by Crippen LogP contribution is 2.40. The molecule has 2 aromatic rings. The lowest BCUT2D eigenvalue weighted by molar-refractivity contribution is 0.178. The summed E-state index contributed by atoms with van der Waals surface area (Å²) in [5.74, 6) is 0.747. The summed E-state index contributed by atoms with van der Waals surface area (Å²) in [7, 11) is 0. The zero-order valence-corrected chi connectivity index (χ0v) is 13.0. The van der Waals surface area contributed by atoms with E-state index >= 15 is 0 Å². The fourth-order valence-electron chi connectivity index (χ4n) is 3.09. The van der Waals surface area contributed by atoms with Crippen LogP contribution in [0.4, 0.5) is 0 Å². The van der Waals surface area contributed by atoms with E-state index in [2.05, 4.69) is 54.7 Å². The van der Waals surface area contributed by atoms with E-state index in [4.69, 9.17) is 0 Å². The minimum atomic E-state index is 0.570. The molecule has 1 heterocycles. The fourth-order valence-corrected chi connectivity index (χ4v) is 3.09. The predicted molar refractivity (Wildman–Crippen MR) is 84.1 cm³/mol. The van der Waals surface area contributed by atoms with Gasteiger partial charge in [0, 0.05) is 18.6 Å². The van der Waals surface area contributed by atoms with Gasteiger partial charge in [0.05, 0.1) is 17.4 Å². The molecule has 0 spiro atoms. The summed E-state index contributed by atoms with van der Waals surface area (Å²) in [6.07, 6.45) is 4.65. The van der Waals surface area contributed by atoms with Crippen LogP contribution in [0, 0.1) is 19.8 Å². The van der Waals surface area contributed by atoms with Gasteiger partial charge in [0.1, 0.15) is 0 Å². The number of benzene rings is 1. The van der Waals surface area contributed by atoms with Gasteiger partial charge >= 0.3 is 0 Å². The minimum Gasteiger partial charge on any atom is -0.327 e. The van der Waals surface area contributed by atoms with Crippen molar-refractivity contribution in [3.63, 3.8) is 0 Å². The molecule has 3 rings (SSSR count). The first-order valence-corrected chi connectivity index (χ1v) is 7.73. The van der Waals surface area contributed by atoms with Crippen molar-refractivity contribution in [3.05, 3.63) is 29.6 Å². The van der Waals surface area contributed by atoms with Gasteiger partial charge in [0.2, 0.25) is 0 Å². The standard InChI is InChI=1S/C17H25N3/c1-11(2)18-9-14-5-6-16(14)20-10-19-15-7-12(3)13(4)8-17(15)20/h7-8,10-11,14,16,18H,5-6,9H2,1-4H3. The van der Waals surface area contributed by atoms with Gasteiger partial charge in [-0.05, 0) is 55.9 Å². The van der Waals surface area contributed by atoms with Crippen LogP contribution in [0.1, 0.15) is 43.9 Å². The van der Waals surface area contributed by atoms with Crippen LogP contribution in [-0.2, 0) is 0 Å². The Morgan fingerprint density at radius 2 is 2.00 bits per heavy atom. The maximum absolute atomic E-state index is 4.60. The Balaban J connectivity index is 1.85. The van der Waals surface area contributed by atoms with Crippen molar-refractivity contribution < 1.29 is 0 Å².